The lowest BCUT2D eigenvalue weighted by Gasteiger charge is -2.11. The van der Waals surface area contributed by atoms with E-state index in [4.69, 9.17) is 0 Å². The lowest BCUT2D eigenvalue weighted by atomic mass is 10.2. The van der Waals surface area contributed by atoms with E-state index in [-0.39, 0.29) is 4.90 Å². The van der Waals surface area contributed by atoms with Gasteiger partial charge in [0.1, 0.15) is 5.82 Å². The smallest absolute Gasteiger partial charge is 0.205 e. The number of benzene rings is 1. The van der Waals surface area contributed by atoms with Gasteiger partial charge < -0.3 is 0 Å². The normalized spacial score (nSPS) is 11.9. The van der Waals surface area contributed by atoms with Crippen LogP contribution in [0, 0.1) is 5.82 Å². The maximum atomic E-state index is 13.4. The molecule has 0 spiro atoms. The number of hydrogen-bond acceptors (Lipinski definition) is 1. The minimum Gasteiger partial charge on any atom is -0.205 e. The summed E-state index contributed by atoms with van der Waals surface area (Å²) in [6, 6.07) is 1.95. The lowest BCUT2D eigenvalue weighted by Crippen LogP contribution is -2.09. The van der Waals surface area contributed by atoms with E-state index in [0.29, 0.717) is 10.2 Å². The van der Waals surface area contributed by atoms with Crippen molar-refractivity contribution in [1.29, 1.82) is 0 Å². The van der Waals surface area contributed by atoms with Crippen LogP contribution in [0.3, 0.4) is 0 Å². The summed E-state index contributed by atoms with van der Waals surface area (Å²) in [6.07, 6.45) is -4.65. The Morgan fingerprint density at radius 1 is 1.33 bits per heavy atom. The second-order valence-corrected chi connectivity index (χ2v) is 4.80. The molecule has 0 fully saturated rings. The molecule has 1 aromatic rings. The summed E-state index contributed by atoms with van der Waals surface area (Å²) in [7, 11) is 0. The molecule has 0 aliphatic rings. The predicted octanol–water partition coefficient (Wildman–Crippen LogP) is 4.72. The first-order valence-corrected chi connectivity index (χ1v) is 5.83. The van der Waals surface area contributed by atoms with Crippen molar-refractivity contribution < 1.29 is 17.6 Å². The fourth-order valence-corrected chi connectivity index (χ4v) is 2.41. The molecule has 0 atom stereocenters. The predicted molar refractivity (Wildman–Crippen MR) is 55.5 cm³/mol. The first-order chi connectivity index (χ1) is 6.88. The second kappa shape index (κ2) is 4.74. The van der Waals surface area contributed by atoms with E-state index in [1.165, 1.54) is 6.07 Å². The van der Waals surface area contributed by atoms with Crippen LogP contribution in [0.4, 0.5) is 17.6 Å². The Labute approximate surface area is 97.2 Å². The molecule has 0 saturated heterocycles. The Morgan fingerprint density at radius 3 is 2.40 bits per heavy atom. The molecule has 6 heteroatoms. The molecule has 15 heavy (non-hydrogen) atoms. The number of hydrogen-bond donors (Lipinski definition) is 0. The zero-order chi connectivity index (χ0) is 11.6. The van der Waals surface area contributed by atoms with E-state index in [9.17, 15) is 17.6 Å². The molecular formula is C9H7BrF4S. The first-order valence-electron chi connectivity index (χ1n) is 4.06. The maximum absolute atomic E-state index is 13.4. The van der Waals surface area contributed by atoms with Crippen LogP contribution in [0.2, 0.25) is 0 Å². The molecular weight excluding hydrogens is 296 g/mol. The molecule has 0 unspecified atom stereocenters. The molecule has 0 aliphatic carbocycles. The highest BCUT2D eigenvalue weighted by atomic mass is 79.9. The quantitative estimate of drug-likeness (QED) is 0.563. The minimum absolute atomic E-state index is 0.00678. The molecule has 0 aromatic heterocycles. The van der Waals surface area contributed by atoms with Gasteiger partial charge in [0.25, 0.3) is 0 Å². The molecule has 84 valence electrons. The molecule has 0 nitrogen and oxygen atoms in total. The van der Waals surface area contributed by atoms with Gasteiger partial charge in [0.15, 0.2) is 0 Å². The van der Waals surface area contributed by atoms with Crippen molar-refractivity contribution in [2.75, 3.05) is 5.75 Å². The van der Waals surface area contributed by atoms with E-state index in [1.807, 2.05) is 0 Å². The average molecular weight is 303 g/mol. The maximum Gasteiger partial charge on any atom is 0.419 e. The standard InChI is InChI=1S/C9H7BrF4S/c1-2-15-8-6(10)4-3-5(7(8)11)9(12,13)14/h3-4H,2H2,1H3. The van der Waals surface area contributed by atoms with Gasteiger partial charge in [-0.3, -0.25) is 0 Å². The summed E-state index contributed by atoms with van der Waals surface area (Å²) in [5.74, 6) is -0.694. The van der Waals surface area contributed by atoms with Crippen LogP contribution in [0.5, 0.6) is 0 Å². The summed E-state index contributed by atoms with van der Waals surface area (Å²) < 4.78 is 50.8. The van der Waals surface area contributed by atoms with E-state index in [2.05, 4.69) is 15.9 Å². The number of thioether (sulfide) groups is 1. The molecule has 0 radical (unpaired) electrons. The Hall–Kier alpha value is -0.230. The van der Waals surface area contributed by atoms with Gasteiger partial charge in [-0.05, 0) is 33.8 Å². The number of alkyl halides is 3. The van der Waals surface area contributed by atoms with Crippen molar-refractivity contribution in [3.8, 4) is 0 Å². The summed E-state index contributed by atoms with van der Waals surface area (Å²) >= 11 is 4.06. The van der Waals surface area contributed by atoms with Gasteiger partial charge in [0, 0.05) is 4.47 Å². The van der Waals surface area contributed by atoms with Gasteiger partial charge in [-0.2, -0.15) is 13.2 Å². The highest BCUT2D eigenvalue weighted by Gasteiger charge is 2.35. The summed E-state index contributed by atoms with van der Waals surface area (Å²) in [4.78, 5) is 0.00678. The van der Waals surface area contributed by atoms with Crippen LogP contribution in [0.15, 0.2) is 21.5 Å². The zero-order valence-corrected chi connectivity index (χ0v) is 10.1. The van der Waals surface area contributed by atoms with E-state index < -0.39 is 17.6 Å². The van der Waals surface area contributed by atoms with Crippen LogP contribution in [-0.2, 0) is 6.18 Å². The number of halogens is 5. The van der Waals surface area contributed by atoms with Crippen LogP contribution in [0.25, 0.3) is 0 Å². The third kappa shape index (κ3) is 2.87. The minimum atomic E-state index is -4.65. The fourth-order valence-electron chi connectivity index (χ4n) is 1.03. The van der Waals surface area contributed by atoms with Crippen molar-refractivity contribution >= 4 is 27.7 Å². The van der Waals surface area contributed by atoms with E-state index in [0.717, 1.165) is 17.8 Å². The van der Waals surface area contributed by atoms with Gasteiger partial charge in [-0.15, -0.1) is 11.8 Å². The largest absolute Gasteiger partial charge is 0.419 e. The molecule has 0 aliphatic heterocycles. The van der Waals surface area contributed by atoms with Crippen LogP contribution in [0.1, 0.15) is 12.5 Å². The van der Waals surface area contributed by atoms with Crippen LogP contribution >= 0.6 is 27.7 Å². The lowest BCUT2D eigenvalue weighted by molar-refractivity contribution is -0.140. The van der Waals surface area contributed by atoms with Gasteiger partial charge in [0.2, 0.25) is 0 Å². The number of rotatable bonds is 2. The third-order valence-corrected chi connectivity index (χ3v) is 3.54. The summed E-state index contributed by atoms with van der Waals surface area (Å²) in [5.41, 5.74) is -1.22. The van der Waals surface area contributed by atoms with Crippen molar-refractivity contribution in [2.24, 2.45) is 0 Å². The first kappa shape index (κ1) is 12.8. The van der Waals surface area contributed by atoms with Crippen molar-refractivity contribution in [3.63, 3.8) is 0 Å². The SMILES string of the molecule is CCSc1c(Br)ccc(C(F)(F)F)c1F. The zero-order valence-electron chi connectivity index (χ0n) is 7.66. The van der Waals surface area contributed by atoms with Crippen molar-refractivity contribution in [3.05, 3.63) is 28.0 Å². The van der Waals surface area contributed by atoms with Crippen LogP contribution < -0.4 is 0 Å². The van der Waals surface area contributed by atoms with Crippen LogP contribution in [-0.4, -0.2) is 5.75 Å². The molecule has 0 bridgehead atoms. The van der Waals surface area contributed by atoms with Gasteiger partial charge in [-0.25, -0.2) is 4.39 Å². The Morgan fingerprint density at radius 2 is 1.93 bits per heavy atom. The molecule has 0 N–H and O–H groups in total. The molecule has 0 amide bonds. The van der Waals surface area contributed by atoms with E-state index in [1.54, 1.807) is 6.92 Å². The van der Waals surface area contributed by atoms with E-state index >= 15 is 0 Å². The van der Waals surface area contributed by atoms with Crippen molar-refractivity contribution in [2.45, 2.75) is 18.0 Å². The Bertz CT molecular complexity index is 362. The molecule has 0 heterocycles. The fraction of sp³-hybridized carbons (Fsp3) is 0.333. The summed E-state index contributed by atoms with van der Waals surface area (Å²) in [5, 5.41) is 0. The van der Waals surface area contributed by atoms with Gasteiger partial charge >= 0.3 is 6.18 Å². The second-order valence-electron chi connectivity index (χ2n) is 2.67. The van der Waals surface area contributed by atoms with Gasteiger partial charge in [-0.1, -0.05) is 6.92 Å². The topological polar surface area (TPSA) is 0 Å². The Kier molecular flexibility index (Phi) is 4.06. The highest BCUT2D eigenvalue weighted by molar-refractivity contribution is 9.10. The molecule has 1 aromatic carbocycles. The summed E-state index contributed by atoms with van der Waals surface area (Å²) in [6.45, 7) is 1.75. The highest BCUT2D eigenvalue weighted by Crippen LogP contribution is 2.38. The Balaban J connectivity index is 3.28. The average Bonchev–Trinajstić information content (AvgIpc) is 2.09. The third-order valence-electron chi connectivity index (χ3n) is 1.64. The monoisotopic (exact) mass is 302 g/mol. The molecule has 0 saturated carbocycles. The molecule has 1 rings (SSSR count). The van der Waals surface area contributed by atoms with Crippen molar-refractivity contribution in [1.82, 2.24) is 0 Å². The van der Waals surface area contributed by atoms with Gasteiger partial charge in [0.05, 0.1) is 10.5 Å².